The van der Waals surface area contributed by atoms with Gasteiger partial charge >= 0.3 is 0 Å². The smallest absolute Gasteiger partial charge is 0.220 e. The second-order valence-electron chi connectivity index (χ2n) is 6.77. The van der Waals surface area contributed by atoms with E-state index in [2.05, 4.69) is 15.0 Å². The Labute approximate surface area is 178 Å². The highest BCUT2D eigenvalue weighted by Crippen LogP contribution is 2.26. The number of benzene rings is 2. The van der Waals surface area contributed by atoms with Crippen molar-refractivity contribution in [2.75, 3.05) is 7.05 Å². The summed E-state index contributed by atoms with van der Waals surface area (Å²) >= 11 is 0. The van der Waals surface area contributed by atoms with Crippen molar-refractivity contribution in [1.82, 2.24) is 15.0 Å². The van der Waals surface area contributed by atoms with Crippen molar-refractivity contribution >= 4 is 15.9 Å². The van der Waals surface area contributed by atoms with Gasteiger partial charge < -0.3 is 9.73 Å². The van der Waals surface area contributed by atoms with E-state index in [1.807, 2.05) is 0 Å². The van der Waals surface area contributed by atoms with Crippen molar-refractivity contribution in [2.24, 2.45) is 0 Å². The molecule has 0 unspecified atom stereocenters. The lowest BCUT2D eigenvalue weighted by Gasteiger charge is -2.07. The van der Waals surface area contributed by atoms with Crippen LogP contribution in [0.2, 0.25) is 0 Å². The predicted molar refractivity (Wildman–Crippen MR) is 110 cm³/mol. The lowest BCUT2D eigenvalue weighted by molar-refractivity contribution is -0.121. The van der Waals surface area contributed by atoms with E-state index in [-0.39, 0.29) is 48.3 Å². The molecule has 7 nitrogen and oxygen atoms in total. The number of oxazole rings is 1. The number of hydrogen-bond acceptors (Lipinski definition) is 5. The van der Waals surface area contributed by atoms with Crippen LogP contribution in [0.5, 0.6) is 0 Å². The number of nitrogens with zero attached hydrogens (tertiary/aromatic N) is 1. The molecule has 0 aliphatic heterocycles. The molecular weight excluding hydrogens is 428 g/mol. The molecule has 0 saturated carbocycles. The summed E-state index contributed by atoms with van der Waals surface area (Å²) in [7, 11) is -1.98. The van der Waals surface area contributed by atoms with Crippen LogP contribution in [0, 0.1) is 11.6 Å². The van der Waals surface area contributed by atoms with Crippen LogP contribution in [-0.2, 0) is 33.5 Å². The number of amides is 1. The highest BCUT2D eigenvalue weighted by molar-refractivity contribution is 7.88. The van der Waals surface area contributed by atoms with Crippen LogP contribution in [0.1, 0.15) is 23.4 Å². The van der Waals surface area contributed by atoms with Crippen molar-refractivity contribution < 1.29 is 26.4 Å². The number of aromatic nitrogens is 1. The van der Waals surface area contributed by atoms with Crippen molar-refractivity contribution in [2.45, 2.75) is 25.1 Å². The van der Waals surface area contributed by atoms with Crippen LogP contribution in [-0.4, -0.2) is 26.4 Å². The maximum absolute atomic E-state index is 13.8. The van der Waals surface area contributed by atoms with Crippen LogP contribution >= 0.6 is 0 Å². The van der Waals surface area contributed by atoms with Gasteiger partial charge in [-0.3, -0.25) is 4.79 Å². The number of halogens is 2. The fourth-order valence-electron chi connectivity index (χ4n) is 2.83. The molecular formula is C21H21F2N3O4S. The minimum atomic E-state index is -3.34. The average molecular weight is 449 g/mol. The number of rotatable bonds is 9. The Morgan fingerprint density at radius 3 is 2.35 bits per heavy atom. The third-order valence-electron chi connectivity index (χ3n) is 4.51. The largest absolute Gasteiger partial charge is 0.441 e. The Bertz CT molecular complexity index is 1140. The average Bonchev–Trinajstić information content (AvgIpc) is 3.20. The van der Waals surface area contributed by atoms with E-state index in [4.69, 9.17) is 4.42 Å². The molecule has 0 fully saturated rings. The Morgan fingerprint density at radius 1 is 1.06 bits per heavy atom. The van der Waals surface area contributed by atoms with Gasteiger partial charge in [0.25, 0.3) is 0 Å². The van der Waals surface area contributed by atoms with Crippen LogP contribution in [0.15, 0.2) is 53.1 Å². The molecule has 0 radical (unpaired) electrons. The zero-order valence-corrected chi connectivity index (χ0v) is 17.5. The van der Waals surface area contributed by atoms with Gasteiger partial charge in [-0.2, -0.15) is 0 Å². The van der Waals surface area contributed by atoms with Gasteiger partial charge in [0.05, 0.1) is 17.5 Å². The molecule has 1 heterocycles. The van der Waals surface area contributed by atoms with Gasteiger partial charge in [0.15, 0.2) is 11.7 Å². The molecule has 0 spiro atoms. The number of carbonyl (C=O) groups is 1. The first-order chi connectivity index (χ1) is 14.8. The minimum Gasteiger partial charge on any atom is -0.441 e. The Kier molecular flexibility index (Phi) is 7.13. The maximum Gasteiger partial charge on any atom is 0.220 e. The lowest BCUT2D eigenvalue weighted by atomic mass is 10.1. The summed E-state index contributed by atoms with van der Waals surface area (Å²) in [4.78, 5) is 16.1. The van der Waals surface area contributed by atoms with Crippen molar-refractivity contribution in [3.8, 4) is 11.3 Å². The Balaban J connectivity index is 1.49. The topological polar surface area (TPSA) is 101 Å². The molecule has 0 bridgehead atoms. The number of hydrogen-bond donors (Lipinski definition) is 2. The molecule has 0 aliphatic rings. The van der Waals surface area contributed by atoms with Crippen LogP contribution < -0.4 is 10.0 Å². The van der Waals surface area contributed by atoms with Crippen molar-refractivity contribution in [3.63, 3.8) is 0 Å². The van der Waals surface area contributed by atoms with E-state index >= 15 is 0 Å². The van der Waals surface area contributed by atoms with E-state index in [1.54, 1.807) is 24.3 Å². The molecule has 2 aromatic carbocycles. The second-order valence-corrected chi connectivity index (χ2v) is 8.70. The van der Waals surface area contributed by atoms with E-state index in [9.17, 15) is 22.0 Å². The molecule has 1 aromatic heterocycles. The zero-order valence-electron chi connectivity index (χ0n) is 16.7. The van der Waals surface area contributed by atoms with E-state index in [0.29, 0.717) is 5.56 Å². The standard InChI is InChI=1S/C21H21F2N3O4S/c1-24-31(28,29)13-15-7-5-14(6-8-15)11-25-19(27)9-10-20-26-12-18(30-20)21-16(22)3-2-4-17(21)23/h2-8,12,24H,9-11,13H2,1H3,(H,25,27). The molecule has 31 heavy (non-hydrogen) atoms. The van der Waals surface area contributed by atoms with Gasteiger partial charge in [-0.25, -0.2) is 26.9 Å². The van der Waals surface area contributed by atoms with E-state index < -0.39 is 21.7 Å². The molecule has 164 valence electrons. The fourth-order valence-corrected chi connectivity index (χ4v) is 3.60. The summed E-state index contributed by atoms with van der Waals surface area (Å²) in [5.74, 6) is -1.72. The summed E-state index contributed by atoms with van der Waals surface area (Å²) < 4.78 is 58.4. The Hall–Kier alpha value is -3.11. The molecule has 0 atom stereocenters. The SMILES string of the molecule is CNS(=O)(=O)Cc1ccc(CNC(=O)CCc2ncc(-c3c(F)cccc3F)o2)cc1. The minimum absolute atomic E-state index is 0.0358. The molecule has 2 N–H and O–H groups in total. The molecule has 3 rings (SSSR count). The third-order valence-corrected chi connectivity index (χ3v) is 5.84. The normalized spacial score (nSPS) is 11.5. The first-order valence-electron chi connectivity index (χ1n) is 9.42. The van der Waals surface area contributed by atoms with Gasteiger partial charge in [0, 0.05) is 19.4 Å². The summed E-state index contributed by atoms with van der Waals surface area (Å²) in [5.41, 5.74) is 1.15. The first-order valence-corrected chi connectivity index (χ1v) is 11.1. The van der Waals surface area contributed by atoms with Gasteiger partial charge in [-0.05, 0) is 30.3 Å². The monoisotopic (exact) mass is 449 g/mol. The van der Waals surface area contributed by atoms with Gasteiger partial charge in [0.2, 0.25) is 15.9 Å². The Morgan fingerprint density at radius 2 is 1.71 bits per heavy atom. The number of carbonyl (C=O) groups excluding carboxylic acids is 1. The van der Waals surface area contributed by atoms with E-state index in [1.165, 1.54) is 19.3 Å². The lowest BCUT2D eigenvalue weighted by Crippen LogP contribution is -2.23. The summed E-state index contributed by atoms with van der Waals surface area (Å²) in [6, 6.07) is 10.4. The summed E-state index contributed by atoms with van der Waals surface area (Å²) in [6.45, 7) is 0.273. The maximum atomic E-state index is 13.8. The van der Waals surface area contributed by atoms with Gasteiger partial charge in [-0.15, -0.1) is 0 Å². The van der Waals surface area contributed by atoms with Crippen molar-refractivity contribution in [1.29, 1.82) is 0 Å². The summed E-state index contributed by atoms with van der Waals surface area (Å²) in [6.07, 6.45) is 1.48. The number of nitrogens with one attached hydrogen (secondary N) is 2. The quantitative estimate of drug-likeness (QED) is 0.523. The fraction of sp³-hybridized carbons (Fsp3) is 0.238. The number of aryl methyl sites for hydroxylation is 1. The molecule has 0 saturated heterocycles. The first kappa shape index (κ1) is 22.6. The zero-order chi connectivity index (χ0) is 22.4. The van der Waals surface area contributed by atoms with E-state index in [0.717, 1.165) is 17.7 Å². The third kappa shape index (κ3) is 6.19. The number of sulfonamides is 1. The van der Waals surface area contributed by atoms with Crippen LogP contribution in [0.25, 0.3) is 11.3 Å². The van der Waals surface area contributed by atoms with Crippen LogP contribution in [0.4, 0.5) is 8.78 Å². The van der Waals surface area contributed by atoms with Crippen LogP contribution in [0.3, 0.4) is 0 Å². The highest BCUT2D eigenvalue weighted by atomic mass is 32.2. The van der Waals surface area contributed by atoms with Gasteiger partial charge in [-0.1, -0.05) is 30.3 Å². The molecule has 3 aromatic rings. The van der Waals surface area contributed by atoms with Crippen molar-refractivity contribution in [3.05, 3.63) is 77.3 Å². The predicted octanol–water partition coefficient (Wildman–Crippen LogP) is 2.92. The van der Waals surface area contributed by atoms with Gasteiger partial charge in [0.1, 0.15) is 11.6 Å². The second kappa shape index (κ2) is 9.80. The molecule has 1 amide bonds. The molecule has 10 heteroatoms. The highest BCUT2D eigenvalue weighted by Gasteiger charge is 2.16. The molecule has 0 aliphatic carbocycles. The summed E-state index contributed by atoms with van der Waals surface area (Å²) in [5, 5.41) is 2.75.